The average Bonchev–Trinajstić information content (AvgIpc) is 1.27. The third kappa shape index (κ3) is 4710. The predicted molar refractivity (Wildman–Crippen MR) is 27.1 cm³/mol. The second kappa shape index (κ2) is 4.98. The van der Waals surface area contributed by atoms with Gasteiger partial charge in [0.1, 0.15) is 0 Å². The summed E-state index contributed by atoms with van der Waals surface area (Å²) >= 11 is 0. The van der Waals surface area contributed by atoms with Gasteiger partial charge in [-0.2, -0.15) is 8.42 Å². The highest BCUT2D eigenvalue weighted by Crippen LogP contribution is 1.59. The van der Waals surface area contributed by atoms with Gasteiger partial charge in [0.25, 0.3) is 0 Å². The van der Waals surface area contributed by atoms with E-state index in [0.717, 1.165) is 0 Å². The lowest BCUT2D eigenvalue weighted by atomic mass is 11.6. The SMILES string of the molecule is COC.O=S(=O)(O)O. The molecule has 0 rings (SSSR count). The lowest BCUT2D eigenvalue weighted by molar-refractivity contribution is 0.277. The summed E-state index contributed by atoms with van der Waals surface area (Å²) in [5.41, 5.74) is 0. The Hall–Kier alpha value is -0.170. The van der Waals surface area contributed by atoms with Gasteiger partial charge in [-0.3, -0.25) is 9.11 Å². The Balaban J connectivity index is 0. The molecule has 0 spiro atoms. The summed E-state index contributed by atoms with van der Waals surface area (Å²) in [5.74, 6) is 0. The van der Waals surface area contributed by atoms with E-state index in [1.165, 1.54) is 0 Å². The third-order valence-electron chi connectivity index (χ3n) is 0. The van der Waals surface area contributed by atoms with E-state index in [0.29, 0.717) is 0 Å². The molecule has 0 aromatic heterocycles. The van der Waals surface area contributed by atoms with Crippen molar-refractivity contribution in [1.29, 1.82) is 0 Å². The van der Waals surface area contributed by atoms with Crippen molar-refractivity contribution < 1.29 is 22.3 Å². The molecule has 5 nitrogen and oxygen atoms in total. The van der Waals surface area contributed by atoms with Crippen LogP contribution in [0.5, 0.6) is 0 Å². The van der Waals surface area contributed by atoms with Gasteiger partial charge in [-0.25, -0.2) is 0 Å². The van der Waals surface area contributed by atoms with Gasteiger partial charge in [-0.15, -0.1) is 0 Å². The Morgan fingerprint density at radius 1 is 1.25 bits per heavy atom. The van der Waals surface area contributed by atoms with Crippen LogP contribution in [-0.4, -0.2) is 31.7 Å². The van der Waals surface area contributed by atoms with Crippen LogP contribution in [0.15, 0.2) is 0 Å². The molecular formula is C2H8O5S. The van der Waals surface area contributed by atoms with E-state index in [-0.39, 0.29) is 0 Å². The van der Waals surface area contributed by atoms with E-state index < -0.39 is 10.4 Å². The van der Waals surface area contributed by atoms with Gasteiger partial charge in [0.15, 0.2) is 0 Å². The van der Waals surface area contributed by atoms with E-state index in [9.17, 15) is 0 Å². The number of hydrogen-bond donors (Lipinski definition) is 2. The molecular weight excluding hydrogens is 136 g/mol. The monoisotopic (exact) mass is 144 g/mol. The highest BCUT2D eigenvalue weighted by atomic mass is 32.3. The maximum atomic E-state index is 8.74. The van der Waals surface area contributed by atoms with Gasteiger partial charge in [0.2, 0.25) is 0 Å². The first kappa shape index (κ1) is 10.7. The lowest BCUT2D eigenvalue weighted by Crippen LogP contribution is -1.89. The molecule has 0 heterocycles. The molecule has 6 heteroatoms. The van der Waals surface area contributed by atoms with Crippen molar-refractivity contribution in [2.45, 2.75) is 0 Å². The van der Waals surface area contributed by atoms with Crippen LogP contribution < -0.4 is 0 Å². The van der Waals surface area contributed by atoms with Crippen LogP contribution in [0.2, 0.25) is 0 Å². The second-order valence-electron chi connectivity index (χ2n) is 0.856. The minimum Gasteiger partial charge on any atom is -0.388 e. The standard InChI is InChI=1S/C2H6O.H2O4S/c1-3-2;1-5(2,3)4/h1-2H3;(H2,1,2,3,4). The molecule has 0 saturated carbocycles. The van der Waals surface area contributed by atoms with Crippen LogP contribution in [0.3, 0.4) is 0 Å². The highest BCUT2D eigenvalue weighted by molar-refractivity contribution is 7.79. The van der Waals surface area contributed by atoms with Crippen molar-refractivity contribution in [3.8, 4) is 0 Å². The zero-order valence-corrected chi connectivity index (χ0v) is 5.34. The van der Waals surface area contributed by atoms with Crippen molar-refractivity contribution in [2.75, 3.05) is 14.2 Å². The summed E-state index contributed by atoms with van der Waals surface area (Å²) in [5, 5.41) is 0. The first-order valence-corrected chi connectivity index (χ1v) is 2.91. The summed E-state index contributed by atoms with van der Waals surface area (Å²) in [7, 11) is -1.42. The van der Waals surface area contributed by atoms with E-state index in [1.54, 1.807) is 14.2 Å². The van der Waals surface area contributed by atoms with Crippen LogP contribution in [0, 0.1) is 0 Å². The molecule has 0 fully saturated rings. The molecule has 0 bridgehead atoms. The summed E-state index contributed by atoms with van der Waals surface area (Å²) in [6.07, 6.45) is 0. The number of rotatable bonds is 0. The van der Waals surface area contributed by atoms with Crippen LogP contribution >= 0.6 is 0 Å². The second-order valence-corrected chi connectivity index (χ2v) is 1.75. The zero-order chi connectivity index (χ0) is 7.21. The molecule has 0 atom stereocenters. The fourth-order valence-electron chi connectivity index (χ4n) is 0. The van der Waals surface area contributed by atoms with Gasteiger partial charge in [-0.05, 0) is 0 Å². The highest BCUT2D eigenvalue weighted by Gasteiger charge is 1.84. The Morgan fingerprint density at radius 2 is 1.25 bits per heavy atom. The first-order valence-electron chi connectivity index (χ1n) is 1.51. The van der Waals surface area contributed by atoms with Crippen molar-refractivity contribution >= 4 is 10.4 Å². The quantitative estimate of drug-likeness (QED) is 0.452. The molecule has 0 amide bonds. The molecule has 8 heavy (non-hydrogen) atoms. The van der Waals surface area contributed by atoms with Gasteiger partial charge in [0.05, 0.1) is 0 Å². The lowest BCUT2D eigenvalue weighted by Gasteiger charge is -1.68. The minimum atomic E-state index is -4.67. The maximum Gasteiger partial charge on any atom is 0.394 e. The molecule has 0 radical (unpaired) electrons. The van der Waals surface area contributed by atoms with Crippen molar-refractivity contribution in [3.63, 3.8) is 0 Å². The molecule has 0 saturated heterocycles. The van der Waals surface area contributed by atoms with Gasteiger partial charge < -0.3 is 4.74 Å². The van der Waals surface area contributed by atoms with E-state index in [2.05, 4.69) is 4.74 Å². The summed E-state index contributed by atoms with van der Waals surface area (Å²) < 4.78 is 35.8. The number of hydrogen-bond acceptors (Lipinski definition) is 3. The fourth-order valence-corrected chi connectivity index (χ4v) is 0. The summed E-state index contributed by atoms with van der Waals surface area (Å²) in [6, 6.07) is 0. The minimum absolute atomic E-state index is 1.62. The Bertz CT molecular complexity index is 104. The average molecular weight is 144 g/mol. The normalized spacial score (nSPS) is 9.50. The molecule has 0 aromatic rings. The van der Waals surface area contributed by atoms with Crippen molar-refractivity contribution in [3.05, 3.63) is 0 Å². The number of ether oxygens (including phenoxy) is 1. The van der Waals surface area contributed by atoms with Crippen LogP contribution in [0.25, 0.3) is 0 Å². The zero-order valence-electron chi connectivity index (χ0n) is 4.53. The summed E-state index contributed by atoms with van der Waals surface area (Å²) in [6.45, 7) is 0. The molecule has 0 unspecified atom stereocenters. The topological polar surface area (TPSA) is 83.8 Å². The van der Waals surface area contributed by atoms with E-state index >= 15 is 0 Å². The Kier molecular flexibility index (Phi) is 6.68. The van der Waals surface area contributed by atoms with Crippen LogP contribution in [0.1, 0.15) is 0 Å². The Labute approximate surface area is 47.9 Å². The molecule has 0 aliphatic rings. The first-order chi connectivity index (χ1) is 3.41. The van der Waals surface area contributed by atoms with Crippen LogP contribution in [-0.2, 0) is 15.1 Å². The molecule has 0 aromatic carbocycles. The largest absolute Gasteiger partial charge is 0.394 e. The fraction of sp³-hybridized carbons (Fsp3) is 1.00. The molecule has 52 valence electrons. The van der Waals surface area contributed by atoms with Gasteiger partial charge in [-0.1, -0.05) is 0 Å². The molecule has 0 aliphatic carbocycles. The molecule has 0 aliphatic heterocycles. The summed E-state index contributed by atoms with van der Waals surface area (Å²) in [4.78, 5) is 0. The molecule has 2 N–H and O–H groups in total. The van der Waals surface area contributed by atoms with Gasteiger partial charge in [0, 0.05) is 14.2 Å². The van der Waals surface area contributed by atoms with Crippen molar-refractivity contribution in [1.82, 2.24) is 0 Å². The van der Waals surface area contributed by atoms with E-state index in [4.69, 9.17) is 17.5 Å². The predicted octanol–water partition coefficient (Wildman–Crippen LogP) is -0.390. The smallest absolute Gasteiger partial charge is 0.388 e. The van der Waals surface area contributed by atoms with Gasteiger partial charge >= 0.3 is 10.4 Å². The van der Waals surface area contributed by atoms with Crippen LogP contribution in [0.4, 0.5) is 0 Å². The number of methoxy groups -OCH3 is 1. The van der Waals surface area contributed by atoms with Crippen molar-refractivity contribution in [2.24, 2.45) is 0 Å². The third-order valence-corrected chi connectivity index (χ3v) is 0. The van der Waals surface area contributed by atoms with E-state index in [1.807, 2.05) is 0 Å². The maximum absolute atomic E-state index is 8.74. The Morgan fingerprint density at radius 3 is 1.25 bits per heavy atom.